The molecule has 0 saturated carbocycles. The predicted molar refractivity (Wildman–Crippen MR) is 108 cm³/mol. The number of amides is 1. The van der Waals surface area contributed by atoms with Crippen LogP contribution in [-0.4, -0.2) is 20.9 Å². The fourth-order valence-electron chi connectivity index (χ4n) is 3.21. The van der Waals surface area contributed by atoms with Gasteiger partial charge in [0.25, 0.3) is 15.9 Å². The van der Waals surface area contributed by atoms with E-state index in [1.807, 2.05) is 24.3 Å². The second-order valence-corrected chi connectivity index (χ2v) is 9.16. The van der Waals surface area contributed by atoms with Crippen LogP contribution in [0.2, 0.25) is 0 Å². The van der Waals surface area contributed by atoms with Crippen LogP contribution in [0.5, 0.6) is 0 Å². The van der Waals surface area contributed by atoms with Gasteiger partial charge >= 0.3 is 0 Å². The van der Waals surface area contributed by atoms with Crippen LogP contribution in [0.3, 0.4) is 0 Å². The molecule has 3 aromatic rings. The van der Waals surface area contributed by atoms with Crippen molar-refractivity contribution < 1.29 is 13.2 Å². The largest absolute Gasteiger partial charge is 0.308 e. The molecule has 0 unspecified atom stereocenters. The summed E-state index contributed by atoms with van der Waals surface area (Å²) in [6.07, 6.45) is 1.75. The van der Waals surface area contributed by atoms with Gasteiger partial charge in [0.05, 0.1) is 5.69 Å². The SMILES string of the molecule is O=C(c1ccccc1)N1CCCc2ccc(NS(=O)(=O)c3cccs3)cc21. The first-order chi connectivity index (χ1) is 13.0. The molecule has 0 bridgehead atoms. The molecule has 1 aliphatic heterocycles. The Labute approximate surface area is 162 Å². The molecule has 5 nitrogen and oxygen atoms in total. The van der Waals surface area contributed by atoms with Crippen LogP contribution in [0.25, 0.3) is 0 Å². The van der Waals surface area contributed by atoms with Gasteiger partial charge in [0.15, 0.2) is 0 Å². The molecular weight excluding hydrogens is 380 g/mol. The Kier molecular flexibility index (Phi) is 4.72. The van der Waals surface area contributed by atoms with Gasteiger partial charge in [-0.15, -0.1) is 11.3 Å². The van der Waals surface area contributed by atoms with E-state index < -0.39 is 10.0 Å². The van der Waals surface area contributed by atoms with Crippen LogP contribution in [-0.2, 0) is 16.4 Å². The van der Waals surface area contributed by atoms with Crippen molar-refractivity contribution in [1.82, 2.24) is 0 Å². The molecule has 1 N–H and O–H groups in total. The topological polar surface area (TPSA) is 66.5 Å². The van der Waals surface area contributed by atoms with Gasteiger partial charge in [0.2, 0.25) is 0 Å². The molecule has 0 saturated heterocycles. The van der Waals surface area contributed by atoms with E-state index >= 15 is 0 Å². The van der Waals surface area contributed by atoms with E-state index in [0.29, 0.717) is 17.8 Å². The lowest BCUT2D eigenvalue weighted by molar-refractivity contribution is 0.0985. The minimum absolute atomic E-state index is 0.0742. The highest BCUT2D eigenvalue weighted by atomic mass is 32.2. The average molecular weight is 399 g/mol. The van der Waals surface area contributed by atoms with E-state index in [-0.39, 0.29) is 10.1 Å². The molecule has 0 radical (unpaired) electrons. The summed E-state index contributed by atoms with van der Waals surface area (Å²) in [4.78, 5) is 14.7. The number of aryl methyl sites for hydroxylation is 1. The number of nitrogens with zero attached hydrogens (tertiary/aromatic N) is 1. The van der Waals surface area contributed by atoms with E-state index in [1.54, 1.807) is 46.7 Å². The summed E-state index contributed by atoms with van der Waals surface area (Å²) in [5.74, 6) is -0.0742. The maximum atomic E-state index is 12.9. The zero-order chi connectivity index (χ0) is 18.9. The predicted octanol–water partition coefficient (Wildman–Crippen LogP) is 4.14. The minimum atomic E-state index is -3.62. The second kappa shape index (κ2) is 7.17. The lowest BCUT2D eigenvalue weighted by Gasteiger charge is -2.30. The zero-order valence-corrected chi connectivity index (χ0v) is 16.1. The number of anilines is 2. The van der Waals surface area contributed by atoms with Crippen LogP contribution < -0.4 is 9.62 Å². The summed E-state index contributed by atoms with van der Waals surface area (Å²) in [7, 11) is -3.62. The van der Waals surface area contributed by atoms with Gasteiger partial charge in [-0.1, -0.05) is 30.3 Å². The minimum Gasteiger partial charge on any atom is -0.308 e. The van der Waals surface area contributed by atoms with E-state index in [0.717, 1.165) is 24.1 Å². The second-order valence-electron chi connectivity index (χ2n) is 6.31. The smallest absolute Gasteiger partial charge is 0.271 e. The number of rotatable bonds is 4. The van der Waals surface area contributed by atoms with Crippen molar-refractivity contribution in [1.29, 1.82) is 0 Å². The molecule has 2 heterocycles. The number of benzene rings is 2. The number of carbonyl (C=O) groups is 1. The number of sulfonamides is 1. The first-order valence-corrected chi connectivity index (χ1v) is 11.0. The van der Waals surface area contributed by atoms with Crippen molar-refractivity contribution >= 4 is 38.6 Å². The maximum absolute atomic E-state index is 12.9. The fourth-order valence-corrected chi connectivity index (χ4v) is 5.25. The number of fused-ring (bicyclic) bond motifs is 1. The van der Waals surface area contributed by atoms with Crippen molar-refractivity contribution in [2.24, 2.45) is 0 Å². The zero-order valence-electron chi connectivity index (χ0n) is 14.5. The van der Waals surface area contributed by atoms with E-state index in [4.69, 9.17) is 0 Å². The molecular formula is C20H18N2O3S2. The molecule has 1 aliphatic rings. The molecule has 0 fully saturated rings. The normalized spacial score (nSPS) is 13.9. The first kappa shape index (κ1) is 17.8. The third-order valence-electron chi connectivity index (χ3n) is 4.48. The van der Waals surface area contributed by atoms with Gasteiger partial charge in [-0.25, -0.2) is 8.42 Å². The number of nitrogens with one attached hydrogen (secondary N) is 1. The molecule has 0 aliphatic carbocycles. The van der Waals surface area contributed by atoms with Gasteiger partial charge in [0.1, 0.15) is 4.21 Å². The number of hydrogen-bond donors (Lipinski definition) is 1. The summed E-state index contributed by atoms with van der Waals surface area (Å²) in [5.41, 5.74) is 2.89. The molecule has 1 amide bonds. The molecule has 0 spiro atoms. The van der Waals surface area contributed by atoms with E-state index in [9.17, 15) is 13.2 Å². The Morgan fingerprint density at radius 1 is 1.04 bits per heavy atom. The van der Waals surface area contributed by atoms with Crippen molar-refractivity contribution in [3.8, 4) is 0 Å². The van der Waals surface area contributed by atoms with Gasteiger partial charge < -0.3 is 4.90 Å². The summed E-state index contributed by atoms with van der Waals surface area (Å²) in [6, 6.07) is 17.8. The first-order valence-electron chi connectivity index (χ1n) is 8.61. The molecule has 0 atom stereocenters. The van der Waals surface area contributed by atoms with Crippen LogP contribution in [0, 0.1) is 0 Å². The highest BCUT2D eigenvalue weighted by Gasteiger charge is 2.24. The van der Waals surface area contributed by atoms with Gasteiger partial charge in [0, 0.05) is 17.8 Å². The van der Waals surface area contributed by atoms with Gasteiger partial charge in [-0.2, -0.15) is 0 Å². The Morgan fingerprint density at radius 2 is 1.85 bits per heavy atom. The monoisotopic (exact) mass is 398 g/mol. The van der Waals surface area contributed by atoms with Crippen molar-refractivity contribution in [3.63, 3.8) is 0 Å². The molecule has 2 aromatic carbocycles. The van der Waals surface area contributed by atoms with E-state index in [2.05, 4.69) is 4.72 Å². The van der Waals surface area contributed by atoms with Crippen molar-refractivity contribution in [2.75, 3.05) is 16.2 Å². The summed E-state index contributed by atoms with van der Waals surface area (Å²) in [6.45, 7) is 0.613. The molecule has 7 heteroatoms. The summed E-state index contributed by atoms with van der Waals surface area (Å²) < 4.78 is 27.8. The Morgan fingerprint density at radius 3 is 2.59 bits per heavy atom. The summed E-state index contributed by atoms with van der Waals surface area (Å²) >= 11 is 1.17. The highest BCUT2D eigenvalue weighted by molar-refractivity contribution is 7.94. The molecule has 4 rings (SSSR count). The lowest BCUT2D eigenvalue weighted by Crippen LogP contribution is -2.35. The Balaban J connectivity index is 1.66. The number of thiophene rings is 1. The number of hydrogen-bond acceptors (Lipinski definition) is 4. The highest BCUT2D eigenvalue weighted by Crippen LogP contribution is 2.32. The van der Waals surface area contributed by atoms with Gasteiger partial charge in [-0.3, -0.25) is 9.52 Å². The Bertz CT molecular complexity index is 1060. The van der Waals surface area contributed by atoms with Crippen LogP contribution in [0.4, 0.5) is 11.4 Å². The average Bonchev–Trinajstić information content (AvgIpc) is 3.23. The maximum Gasteiger partial charge on any atom is 0.271 e. The van der Waals surface area contributed by atoms with Crippen LogP contribution in [0.1, 0.15) is 22.3 Å². The van der Waals surface area contributed by atoms with Crippen molar-refractivity contribution in [2.45, 2.75) is 17.1 Å². The standard InChI is InChI=1S/C20H18N2O3S2/c23-20(16-6-2-1-3-7-16)22-12-4-8-15-10-11-17(14-18(15)22)21-27(24,25)19-9-5-13-26-19/h1-3,5-7,9-11,13-14,21H,4,8,12H2. The van der Waals surface area contributed by atoms with Crippen molar-refractivity contribution in [3.05, 3.63) is 77.2 Å². The van der Waals surface area contributed by atoms with Crippen LogP contribution >= 0.6 is 11.3 Å². The fraction of sp³-hybridized carbons (Fsp3) is 0.150. The molecule has 138 valence electrons. The van der Waals surface area contributed by atoms with E-state index in [1.165, 1.54) is 11.3 Å². The van der Waals surface area contributed by atoms with Crippen LogP contribution in [0.15, 0.2) is 70.3 Å². The quantitative estimate of drug-likeness (QED) is 0.718. The van der Waals surface area contributed by atoms with Gasteiger partial charge in [-0.05, 0) is 54.1 Å². The third kappa shape index (κ3) is 3.61. The lowest BCUT2D eigenvalue weighted by atomic mass is 10.00. The summed E-state index contributed by atoms with van der Waals surface area (Å²) in [5, 5.41) is 1.72. The molecule has 1 aromatic heterocycles. The number of carbonyl (C=O) groups excluding carboxylic acids is 1. The molecule has 27 heavy (non-hydrogen) atoms. The third-order valence-corrected chi connectivity index (χ3v) is 7.26. The Hall–Kier alpha value is -2.64.